The molecule has 2 rings (SSSR count). The first kappa shape index (κ1) is 12.3. The highest BCUT2D eigenvalue weighted by Gasteiger charge is 2.24. The van der Waals surface area contributed by atoms with Crippen molar-refractivity contribution in [1.82, 2.24) is 14.1 Å². The molecule has 0 amide bonds. The lowest BCUT2D eigenvalue weighted by Gasteiger charge is -2.03. The first-order valence-corrected chi connectivity index (χ1v) is 7.28. The molecule has 2 aromatic heterocycles. The predicted molar refractivity (Wildman–Crippen MR) is 63.5 cm³/mol. The molecule has 0 bridgehead atoms. The van der Waals surface area contributed by atoms with Crippen molar-refractivity contribution in [3.8, 4) is 6.07 Å². The molecule has 0 unspecified atom stereocenters. The van der Waals surface area contributed by atoms with Gasteiger partial charge in [0.15, 0.2) is 15.1 Å². The summed E-state index contributed by atoms with van der Waals surface area (Å²) in [5, 5.41) is 9.92. The molecule has 1 N–H and O–H groups in total. The van der Waals surface area contributed by atoms with Crippen molar-refractivity contribution in [3.05, 3.63) is 16.7 Å². The Kier molecular flexibility index (Phi) is 3.35. The van der Waals surface area contributed by atoms with Gasteiger partial charge in [-0.05, 0) is 0 Å². The summed E-state index contributed by atoms with van der Waals surface area (Å²) < 4.78 is 27.6. The number of nitriles is 1. The Morgan fingerprint density at radius 3 is 3.12 bits per heavy atom. The van der Waals surface area contributed by atoms with Crippen molar-refractivity contribution in [2.75, 3.05) is 6.54 Å². The number of aromatic nitrogens is 2. The number of imidazole rings is 1. The number of sulfonamides is 1. The van der Waals surface area contributed by atoms with Crippen LogP contribution in [0.4, 0.5) is 0 Å². The molecule has 0 aromatic carbocycles. The summed E-state index contributed by atoms with van der Waals surface area (Å²) in [5.74, 6) is 0. The number of hydrogen-bond acceptors (Lipinski definition) is 5. The number of fused-ring (bicyclic) bond motifs is 1. The Hall–Kier alpha value is -1.14. The molecule has 2 aromatic rings. The van der Waals surface area contributed by atoms with Gasteiger partial charge in [0, 0.05) is 24.5 Å². The van der Waals surface area contributed by atoms with Crippen LogP contribution in [0.2, 0.25) is 5.15 Å². The van der Waals surface area contributed by atoms with Gasteiger partial charge in [0.05, 0.1) is 6.07 Å². The summed E-state index contributed by atoms with van der Waals surface area (Å²) in [5.41, 5.74) is 0. The lowest BCUT2D eigenvalue weighted by Crippen LogP contribution is -2.25. The second kappa shape index (κ2) is 4.62. The number of nitrogens with one attached hydrogen (secondary N) is 1. The van der Waals surface area contributed by atoms with Crippen LogP contribution in [0.25, 0.3) is 4.96 Å². The SMILES string of the molecule is N#CCCNS(=O)(=O)c1c(Cl)nc2sccn12. The number of halogens is 1. The first-order chi connectivity index (χ1) is 8.06. The molecule has 90 valence electrons. The van der Waals surface area contributed by atoms with E-state index in [4.69, 9.17) is 16.9 Å². The van der Waals surface area contributed by atoms with Gasteiger partial charge >= 0.3 is 0 Å². The molecule has 6 nitrogen and oxygen atoms in total. The summed E-state index contributed by atoms with van der Waals surface area (Å²) >= 11 is 7.09. The zero-order chi connectivity index (χ0) is 12.5. The van der Waals surface area contributed by atoms with E-state index in [-0.39, 0.29) is 23.1 Å². The molecule has 0 spiro atoms. The normalized spacial score (nSPS) is 11.8. The first-order valence-electron chi connectivity index (χ1n) is 4.54. The van der Waals surface area contributed by atoms with E-state index in [2.05, 4.69) is 9.71 Å². The van der Waals surface area contributed by atoms with Crippen molar-refractivity contribution in [2.24, 2.45) is 0 Å². The standard InChI is InChI=1S/C8H7ClN4O2S2/c9-6-7(13-4-5-16-8(13)12-6)17(14,15)11-3-1-2-10/h4-5,11H,1,3H2. The summed E-state index contributed by atoms with van der Waals surface area (Å²) in [4.78, 5) is 4.44. The molecular weight excluding hydrogens is 284 g/mol. The molecule has 0 aliphatic carbocycles. The third-order valence-corrected chi connectivity index (χ3v) is 4.58. The average molecular weight is 291 g/mol. The van der Waals surface area contributed by atoms with Crippen LogP contribution in [0.15, 0.2) is 16.6 Å². The number of hydrogen-bond donors (Lipinski definition) is 1. The van der Waals surface area contributed by atoms with Crippen LogP contribution in [0.5, 0.6) is 0 Å². The van der Waals surface area contributed by atoms with Gasteiger partial charge < -0.3 is 0 Å². The van der Waals surface area contributed by atoms with Crippen molar-refractivity contribution < 1.29 is 8.42 Å². The van der Waals surface area contributed by atoms with Gasteiger partial charge in [-0.1, -0.05) is 11.6 Å². The molecule has 0 radical (unpaired) electrons. The van der Waals surface area contributed by atoms with Crippen LogP contribution in [0, 0.1) is 11.3 Å². The smallest absolute Gasteiger partial charge is 0.259 e. The van der Waals surface area contributed by atoms with E-state index in [9.17, 15) is 8.42 Å². The second-order valence-corrected chi connectivity index (χ2v) is 5.98. The van der Waals surface area contributed by atoms with Crippen molar-refractivity contribution in [3.63, 3.8) is 0 Å². The molecule has 0 fully saturated rings. The zero-order valence-electron chi connectivity index (χ0n) is 8.42. The van der Waals surface area contributed by atoms with Crippen LogP contribution in [0.3, 0.4) is 0 Å². The van der Waals surface area contributed by atoms with Gasteiger partial charge in [-0.2, -0.15) is 5.26 Å². The monoisotopic (exact) mass is 290 g/mol. The average Bonchev–Trinajstić information content (AvgIpc) is 2.76. The third kappa shape index (κ3) is 2.28. The van der Waals surface area contributed by atoms with Gasteiger partial charge in [-0.25, -0.2) is 18.1 Å². The highest BCUT2D eigenvalue weighted by molar-refractivity contribution is 7.89. The van der Waals surface area contributed by atoms with Crippen LogP contribution >= 0.6 is 22.9 Å². The highest BCUT2D eigenvalue weighted by Crippen LogP contribution is 2.24. The van der Waals surface area contributed by atoms with E-state index < -0.39 is 10.0 Å². The number of nitrogens with zero attached hydrogens (tertiary/aromatic N) is 3. The molecule has 0 saturated heterocycles. The molecule has 0 aliphatic heterocycles. The van der Waals surface area contributed by atoms with Crippen LogP contribution < -0.4 is 4.72 Å². The fourth-order valence-electron chi connectivity index (χ4n) is 1.29. The van der Waals surface area contributed by atoms with Gasteiger partial charge in [0.1, 0.15) is 0 Å². The van der Waals surface area contributed by atoms with E-state index in [0.29, 0.717) is 4.96 Å². The van der Waals surface area contributed by atoms with E-state index in [0.717, 1.165) is 0 Å². The fourth-order valence-corrected chi connectivity index (χ4v) is 3.77. The van der Waals surface area contributed by atoms with Crippen molar-refractivity contribution in [2.45, 2.75) is 11.4 Å². The topological polar surface area (TPSA) is 87.3 Å². The van der Waals surface area contributed by atoms with Crippen LogP contribution in [-0.4, -0.2) is 24.3 Å². The van der Waals surface area contributed by atoms with Crippen LogP contribution in [-0.2, 0) is 10.0 Å². The largest absolute Gasteiger partial charge is 0.279 e. The summed E-state index contributed by atoms with van der Waals surface area (Å²) in [7, 11) is -3.74. The Morgan fingerprint density at radius 2 is 2.41 bits per heavy atom. The minimum absolute atomic E-state index is 0.0481. The highest BCUT2D eigenvalue weighted by atomic mass is 35.5. The van der Waals surface area contributed by atoms with Crippen LogP contribution in [0.1, 0.15) is 6.42 Å². The lowest BCUT2D eigenvalue weighted by atomic mass is 10.5. The molecule has 0 aliphatic rings. The Balaban J connectivity index is 2.41. The maximum Gasteiger partial charge on any atom is 0.259 e. The summed E-state index contributed by atoms with van der Waals surface area (Å²) in [6.07, 6.45) is 1.68. The Morgan fingerprint density at radius 1 is 1.65 bits per heavy atom. The van der Waals surface area contributed by atoms with E-state index >= 15 is 0 Å². The Bertz CT molecular complexity index is 682. The van der Waals surface area contributed by atoms with Gasteiger partial charge in [0.2, 0.25) is 0 Å². The molecule has 0 saturated carbocycles. The molecular formula is C8H7ClN4O2S2. The van der Waals surface area contributed by atoms with Crippen molar-refractivity contribution >= 4 is 37.9 Å². The summed E-state index contributed by atoms with van der Waals surface area (Å²) in [6, 6.07) is 1.85. The maximum absolute atomic E-state index is 11.9. The predicted octanol–water partition coefficient (Wildman–Crippen LogP) is 1.24. The van der Waals surface area contributed by atoms with E-state index in [1.54, 1.807) is 11.6 Å². The van der Waals surface area contributed by atoms with Gasteiger partial charge in [-0.3, -0.25) is 4.40 Å². The van der Waals surface area contributed by atoms with E-state index in [1.165, 1.54) is 15.7 Å². The lowest BCUT2D eigenvalue weighted by molar-refractivity contribution is 0.577. The molecule has 9 heteroatoms. The molecule has 0 atom stereocenters. The van der Waals surface area contributed by atoms with Gasteiger partial charge in [0.25, 0.3) is 10.0 Å². The zero-order valence-corrected chi connectivity index (χ0v) is 10.8. The van der Waals surface area contributed by atoms with Crippen molar-refractivity contribution in [1.29, 1.82) is 5.26 Å². The summed E-state index contributed by atoms with van der Waals surface area (Å²) in [6.45, 7) is 0.0481. The molecule has 17 heavy (non-hydrogen) atoms. The number of rotatable bonds is 4. The number of thiazole rings is 1. The quantitative estimate of drug-likeness (QED) is 0.858. The van der Waals surface area contributed by atoms with E-state index in [1.807, 2.05) is 6.07 Å². The molecule has 2 heterocycles. The third-order valence-electron chi connectivity index (χ3n) is 1.96. The second-order valence-electron chi connectivity index (χ2n) is 3.07. The minimum Gasteiger partial charge on any atom is -0.279 e. The maximum atomic E-state index is 11.9. The fraction of sp³-hybridized carbons (Fsp3) is 0.250. The Labute approximate surface area is 107 Å². The minimum atomic E-state index is -3.74. The van der Waals surface area contributed by atoms with Gasteiger partial charge in [-0.15, -0.1) is 11.3 Å².